The Kier molecular flexibility index (Phi) is 3.74. The van der Waals surface area contributed by atoms with Gasteiger partial charge < -0.3 is 5.11 Å². The third-order valence-corrected chi connectivity index (χ3v) is 3.78. The third kappa shape index (κ3) is 2.82. The predicted molar refractivity (Wildman–Crippen MR) is 89.5 cm³/mol. The van der Waals surface area contributed by atoms with Gasteiger partial charge in [-0.2, -0.15) is 0 Å². The fourth-order valence-corrected chi connectivity index (χ4v) is 2.68. The number of fused-ring (bicyclic) bond motifs is 1. The predicted octanol–water partition coefficient (Wildman–Crippen LogP) is 5.36. The quantitative estimate of drug-likeness (QED) is 0.681. The van der Waals surface area contributed by atoms with E-state index in [1.165, 1.54) is 5.56 Å². The number of hydrogen-bond donors (Lipinski definition) is 1. The van der Waals surface area contributed by atoms with Gasteiger partial charge in [0.2, 0.25) is 0 Å². The molecule has 1 atom stereocenters. The van der Waals surface area contributed by atoms with Crippen LogP contribution >= 0.6 is 0 Å². The van der Waals surface area contributed by atoms with Crippen molar-refractivity contribution in [3.63, 3.8) is 0 Å². The molecule has 1 unspecified atom stereocenters. The van der Waals surface area contributed by atoms with Gasteiger partial charge in [0, 0.05) is 11.5 Å². The largest absolute Gasteiger partial charge is 0.508 e. The lowest BCUT2D eigenvalue weighted by atomic mass is 9.93. The third-order valence-electron chi connectivity index (χ3n) is 3.78. The van der Waals surface area contributed by atoms with Crippen molar-refractivity contribution in [3.8, 4) is 5.75 Å². The summed E-state index contributed by atoms with van der Waals surface area (Å²) in [6, 6.07) is 22.1. The molecule has 3 rings (SSSR count). The van der Waals surface area contributed by atoms with E-state index in [1.54, 1.807) is 6.07 Å². The Morgan fingerprint density at radius 3 is 2.38 bits per heavy atom. The molecule has 0 amide bonds. The lowest BCUT2D eigenvalue weighted by molar-refractivity contribution is 0.468. The van der Waals surface area contributed by atoms with E-state index in [2.05, 4.69) is 43.3 Å². The van der Waals surface area contributed by atoms with Crippen LogP contribution in [-0.2, 0) is 0 Å². The Morgan fingerprint density at radius 2 is 1.57 bits per heavy atom. The van der Waals surface area contributed by atoms with Crippen LogP contribution in [0.1, 0.15) is 24.0 Å². The fourth-order valence-electron chi connectivity index (χ4n) is 2.68. The highest BCUT2D eigenvalue weighted by Gasteiger charge is 2.11. The molecule has 0 bridgehead atoms. The van der Waals surface area contributed by atoms with Gasteiger partial charge in [0.25, 0.3) is 0 Å². The van der Waals surface area contributed by atoms with Gasteiger partial charge in [-0.15, -0.1) is 0 Å². The van der Waals surface area contributed by atoms with Crippen LogP contribution in [0.2, 0.25) is 0 Å². The van der Waals surface area contributed by atoms with Crippen molar-refractivity contribution in [2.45, 2.75) is 12.8 Å². The van der Waals surface area contributed by atoms with Gasteiger partial charge >= 0.3 is 0 Å². The number of hydrogen-bond acceptors (Lipinski definition) is 1. The van der Waals surface area contributed by atoms with Crippen molar-refractivity contribution < 1.29 is 5.11 Å². The van der Waals surface area contributed by atoms with E-state index in [1.807, 2.05) is 36.4 Å². The maximum absolute atomic E-state index is 10.2. The molecular weight excluding hydrogens is 256 g/mol. The Balaban J connectivity index is 2.00. The average molecular weight is 274 g/mol. The van der Waals surface area contributed by atoms with Crippen molar-refractivity contribution in [2.24, 2.45) is 0 Å². The Morgan fingerprint density at radius 1 is 0.857 bits per heavy atom. The minimum atomic E-state index is 0.149. The summed E-state index contributed by atoms with van der Waals surface area (Å²) in [6.07, 6.45) is 4.24. The van der Waals surface area contributed by atoms with Crippen molar-refractivity contribution in [1.29, 1.82) is 0 Å². The highest BCUT2D eigenvalue weighted by Crippen LogP contribution is 2.34. The summed E-state index contributed by atoms with van der Waals surface area (Å²) in [4.78, 5) is 0. The molecule has 0 fully saturated rings. The molecule has 1 heteroatoms. The number of aromatic hydroxyl groups is 1. The number of allylic oxidation sites excluding steroid dienone is 1. The molecule has 1 nitrogen and oxygen atoms in total. The molecule has 0 radical (unpaired) electrons. The summed E-state index contributed by atoms with van der Waals surface area (Å²) < 4.78 is 0. The van der Waals surface area contributed by atoms with Crippen LogP contribution in [-0.4, -0.2) is 5.11 Å². The second-order valence-electron chi connectivity index (χ2n) is 5.28. The van der Waals surface area contributed by atoms with E-state index in [0.29, 0.717) is 5.75 Å². The Labute approximate surface area is 125 Å². The molecule has 0 aliphatic carbocycles. The van der Waals surface area contributed by atoms with Crippen molar-refractivity contribution in [1.82, 2.24) is 0 Å². The summed E-state index contributed by atoms with van der Waals surface area (Å²) in [5.41, 5.74) is 2.16. The van der Waals surface area contributed by atoms with Gasteiger partial charge in [-0.3, -0.25) is 0 Å². The summed E-state index contributed by atoms with van der Waals surface area (Å²) in [7, 11) is 0. The van der Waals surface area contributed by atoms with E-state index in [-0.39, 0.29) is 5.92 Å². The number of phenols is 1. The first-order valence-corrected chi connectivity index (χ1v) is 7.19. The smallest absolute Gasteiger partial charge is 0.119 e. The average Bonchev–Trinajstić information content (AvgIpc) is 2.53. The molecular formula is C20H18O. The Bertz CT molecular complexity index is 772. The second-order valence-corrected chi connectivity index (χ2v) is 5.28. The van der Waals surface area contributed by atoms with E-state index < -0.39 is 0 Å². The fraction of sp³-hybridized carbons (Fsp3) is 0.100. The highest BCUT2D eigenvalue weighted by atomic mass is 16.3. The summed E-state index contributed by atoms with van der Waals surface area (Å²) in [5, 5.41) is 12.5. The SMILES string of the molecule is CC(/C=C\c1ccccc1)c1c(O)ccc2ccccc12. The summed E-state index contributed by atoms with van der Waals surface area (Å²) >= 11 is 0. The first kappa shape index (κ1) is 13.4. The van der Waals surface area contributed by atoms with Crippen LogP contribution in [0.5, 0.6) is 5.75 Å². The van der Waals surface area contributed by atoms with Crippen LogP contribution in [0, 0.1) is 0 Å². The molecule has 0 aromatic heterocycles. The molecule has 1 N–H and O–H groups in total. The molecule has 0 saturated carbocycles. The zero-order valence-corrected chi connectivity index (χ0v) is 12.0. The van der Waals surface area contributed by atoms with Crippen molar-refractivity contribution >= 4 is 16.8 Å². The van der Waals surface area contributed by atoms with Gasteiger partial charge in [0.15, 0.2) is 0 Å². The van der Waals surface area contributed by atoms with Gasteiger partial charge in [0.1, 0.15) is 5.75 Å². The number of phenolic OH excluding ortho intramolecular Hbond substituents is 1. The number of rotatable bonds is 3. The van der Waals surface area contributed by atoms with Gasteiger partial charge in [-0.1, -0.05) is 79.7 Å². The number of benzene rings is 3. The van der Waals surface area contributed by atoms with Crippen LogP contribution < -0.4 is 0 Å². The van der Waals surface area contributed by atoms with E-state index in [9.17, 15) is 5.11 Å². The maximum Gasteiger partial charge on any atom is 0.119 e. The van der Waals surface area contributed by atoms with Gasteiger partial charge in [-0.05, 0) is 22.4 Å². The van der Waals surface area contributed by atoms with E-state index in [4.69, 9.17) is 0 Å². The lowest BCUT2D eigenvalue weighted by Crippen LogP contribution is -1.92. The van der Waals surface area contributed by atoms with Gasteiger partial charge in [-0.25, -0.2) is 0 Å². The van der Waals surface area contributed by atoms with E-state index in [0.717, 1.165) is 16.3 Å². The lowest BCUT2D eigenvalue weighted by Gasteiger charge is -2.13. The minimum absolute atomic E-state index is 0.149. The van der Waals surface area contributed by atoms with Gasteiger partial charge in [0.05, 0.1) is 0 Å². The highest BCUT2D eigenvalue weighted by molar-refractivity contribution is 5.88. The van der Waals surface area contributed by atoms with E-state index >= 15 is 0 Å². The van der Waals surface area contributed by atoms with Crippen molar-refractivity contribution in [2.75, 3.05) is 0 Å². The van der Waals surface area contributed by atoms with Crippen LogP contribution in [0.15, 0.2) is 72.8 Å². The molecule has 0 saturated heterocycles. The molecule has 0 heterocycles. The molecule has 0 aliphatic heterocycles. The zero-order chi connectivity index (χ0) is 14.7. The first-order chi connectivity index (χ1) is 10.3. The topological polar surface area (TPSA) is 20.2 Å². The summed E-state index contributed by atoms with van der Waals surface area (Å²) in [6.45, 7) is 2.11. The second kappa shape index (κ2) is 5.84. The standard InChI is InChI=1S/C20H18O/c1-15(11-12-16-7-3-2-4-8-16)20-18-10-6-5-9-17(18)13-14-19(20)21/h2-15,21H,1H3/b12-11-. The molecule has 0 spiro atoms. The molecule has 104 valence electrons. The van der Waals surface area contributed by atoms with Crippen LogP contribution in [0.25, 0.3) is 16.8 Å². The summed E-state index contributed by atoms with van der Waals surface area (Å²) in [5.74, 6) is 0.509. The normalized spacial score (nSPS) is 12.8. The van der Waals surface area contributed by atoms with Crippen LogP contribution in [0.3, 0.4) is 0 Å². The zero-order valence-electron chi connectivity index (χ0n) is 12.0. The Hall–Kier alpha value is -2.54. The maximum atomic E-state index is 10.2. The first-order valence-electron chi connectivity index (χ1n) is 7.19. The molecule has 3 aromatic carbocycles. The monoisotopic (exact) mass is 274 g/mol. The van der Waals surface area contributed by atoms with Crippen LogP contribution in [0.4, 0.5) is 0 Å². The minimum Gasteiger partial charge on any atom is -0.508 e. The molecule has 21 heavy (non-hydrogen) atoms. The molecule has 0 aliphatic rings. The van der Waals surface area contributed by atoms with Crippen molar-refractivity contribution in [3.05, 3.63) is 83.9 Å². The molecule has 3 aromatic rings.